The molecule has 0 amide bonds. The summed E-state index contributed by atoms with van der Waals surface area (Å²) in [7, 11) is 1.58. The summed E-state index contributed by atoms with van der Waals surface area (Å²) in [6, 6.07) is 13.7. The topological polar surface area (TPSA) is 55.8 Å². The number of ether oxygens (including phenoxy) is 2. The van der Waals surface area contributed by atoms with E-state index in [2.05, 4.69) is 0 Å². The molecule has 2 rings (SSSR count). The van der Waals surface area contributed by atoms with Gasteiger partial charge in [-0.05, 0) is 42.0 Å². The van der Waals surface area contributed by atoms with Crippen LogP contribution in [-0.4, -0.2) is 24.8 Å². The van der Waals surface area contributed by atoms with Gasteiger partial charge in [-0.15, -0.1) is 0 Å². The van der Waals surface area contributed by atoms with Crippen molar-refractivity contribution in [1.82, 2.24) is 0 Å². The Labute approximate surface area is 127 Å². The van der Waals surface area contributed by atoms with E-state index in [-0.39, 0.29) is 6.61 Å². The molecule has 21 heavy (non-hydrogen) atoms. The largest absolute Gasteiger partial charge is 0.497 e. The van der Waals surface area contributed by atoms with Crippen LogP contribution in [0.15, 0.2) is 48.5 Å². The van der Waals surface area contributed by atoms with Crippen LogP contribution in [0, 0.1) is 0 Å². The van der Waals surface area contributed by atoms with Crippen LogP contribution >= 0.6 is 11.6 Å². The fourth-order valence-corrected chi connectivity index (χ4v) is 1.98. The van der Waals surface area contributed by atoms with E-state index < -0.39 is 11.9 Å². The number of methoxy groups -OCH3 is 1. The van der Waals surface area contributed by atoms with Crippen LogP contribution in [0.4, 0.5) is 0 Å². The quantitative estimate of drug-likeness (QED) is 0.886. The van der Waals surface area contributed by atoms with Gasteiger partial charge in [0, 0.05) is 5.02 Å². The molecule has 1 atom stereocenters. The molecule has 0 aliphatic heterocycles. The zero-order valence-electron chi connectivity index (χ0n) is 11.5. The molecule has 2 aromatic rings. The number of hydrogen-bond donors (Lipinski definition) is 1. The van der Waals surface area contributed by atoms with E-state index in [0.29, 0.717) is 16.3 Å². The lowest BCUT2D eigenvalue weighted by Crippen LogP contribution is -2.19. The van der Waals surface area contributed by atoms with Crippen LogP contribution in [0.5, 0.6) is 11.5 Å². The number of benzene rings is 2. The Bertz CT molecular complexity index is 593. The molecular formula is C16H15ClO4. The molecule has 0 heterocycles. The summed E-state index contributed by atoms with van der Waals surface area (Å²) < 4.78 is 10.6. The molecule has 0 fully saturated rings. The second-order valence-corrected chi connectivity index (χ2v) is 4.87. The van der Waals surface area contributed by atoms with Crippen LogP contribution in [-0.2, 0) is 4.79 Å². The highest BCUT2D eigenvalue weighted by Crippen LogP contribution is 2.22. The molecule has 110 valence electrons. The summed E-state index contributed by atoms with van der Waals surface area (Å²) in [6.45, 7) is 0.0449. The van der Waals surface area contributed by atoms with Crippen molar-refractivity contribution in [3.05, 3.63) is 59.1 Å². The molecule has 0 bridgehead atoms. The average Bonchev–Trinajstić information content (AvgIpc) is 2.49. The minimum atomic E-state index is -0.939. The van der Waals surface area contributed by atoms with Crippen LogP contribution in [0.3, 0.4) is 0 Å². The Morgan fingerprint density at radius 1 is 1.10 bits per heavy atom. The second kappa shape index (κ2) is 6.99. The Morgan fingerprint density at radius 2 is 1.67 bits per heavy atom. The first-order chi connectivity index (χ1) is 10.1. The molecule has 0 aromatic heterocycles. The summed E-state index contributed by atoms with van der Waals surface area (Å²) in [6.07, 6.45) is 0. The zero-order chi connectivity index (χ0) is 15.2. The van der Waals surface area contributed by atoms with Crippen molar-refractivity contribution >= 4 is 17.6 Å². The van der Waals surface area contributed by atoms with E-state index in [0.717, 1.165) is 5.75 Å². The van der Waals surface area contributed by atoms with Crippen molar-refractivity contribution in [2.45, 2.75) is 5.92 Å². The maximum Gasteiger partial charge on any atom is 0.314 e. The third-order valence-electron chi connectivity index (χ3n) is 3.05. The van der Waals surface area contributed by atoms with Crippen LogP contribution in [0.1, 0.15) is 11.5 Å². The Morgan fingerprint density at radius 3 is 2.19 bits per heavy atom. The molecule has 0 radical (unpaired) electrons. The summed E-state index contributed by atoms with van der Waals surface area (Å²) in [4.78, 5) is 11.4. The van der Waals surface area contributed by atoms with Gasteiger partial charge in [0.05, 0.1) is 7.11 Å². The monoisotopic (exact) mass is 306 g/mol. The average molecular weight is 307 g/mol. The summed E-state index contributed by atoms with van der Waals surface area (Å²) in [5, 5.41) is 9.89. The Balaban J connectivity index is 2.06. The van der Waals surface area contributed by atoms with E-state index >= 15 is 0 Å². The fraction of sp³-hybridized carbons (Fsp3) is 0.188. The predicted molar refractivity (Wildman–Crippen MR) is 80.3 cm³/mol. The lowest BCUT2D eigenvalue weighted by molar-refractivity contribution is -0.139. The Kier molecular flexibility index (Phi) is 5.06. The van der Waals surface area contributed by atoms with Crippen molar-refractivity contribution in [3.63, 3.8) is 0 Å². The third kappa shape index (κ3) is 4.13. The molecule has 0 saturated heterocycles. The minimum Gasteiger partial charge on any atom is -0.497 e. The van der Waals surface area contributed by atoms with E-state index in [1.54, 1.807) is 55.6 Å². The highest BCUT2D eigenvalue weighted by molar-refractivity contribution is 6.30. The normalized spacial score (nSPS) is 11.7. The maximum atomic E-state index is 11.4. The number of carbonyl (C=O) groups is 1. The number of carboxylic acid groups (broad SMARTS) is 1. The number of aliphatic carboxylic acids is 1. The van der Waals surface area contributed by atoms with Gasteiger partial charge in [-0.3, -0.25) is 4.79 Å². The lowest BCUT2D eigenvalue weighted by atomic mass is 10.0. The van der Waals surface area contributed by atoms with Gasteiger partial charge in [0.1, 0.15) is 24.0 Å². The molecule has 1 unspecified atom stereocenters. The standard InChI is InChI=1S/C16H15ClO4/c1-20-13-6-8-14(9-7-13)21-10-15(16(18)19)11-2-4-12(17)5-3-11/h2-9,15H,10H2,1H3,(H,18,19). The molecule has 1 N–H and O–H groups in total. The van der Waals surface area contributed by atoms with Crippen molar-refractivity contribution in [3.8, 4) is 11.5 Å². The van der Waals surface area contributed by atoms with Crippen LogP contribution < -0.4 is 9.47 Å². The van der Waals surface area contributed by atoms with Crippen LogP contribution in [0.25, 0.3) is 0 Å². The van der Waals surface area contributed by atoms with Gasteiger partial charge in [-0.1, -0.05) is 23.7 Å². The Hall–Kier alpha value is -2.20. The SMILES string of the molecule is COc1ccc(OCC(C(=O)O)c2ccc(Cl)cc2)cc1. The summed E-state index contributed by atoms with van der Waals surface area (Å²) in [5.74, 6) is -0.374. The van der Waals surface area contributed by atoms with Gasteiger partial charge in [-0.2, -0.15) is 0 Å². The van der Waals surface area contributed by atoms with E-state index in [9.17, 15) is 9.90 Å². The van der Waals surface area contributed by atoms with Gasteiger partial charge in [0.25, 0.3) is 0 Å². The first-order valence-electron chi connectivity index (χ1n) is 6.35. The van der Waals surface area contributed by atoms with Crippen molar-refractivity contribution in [2.24, 2.45) is 0 Å². The zero-order valence-corrected chi connectivity index (χ0v) is 12.2. The molecular weight excluding hydrogens is 292 g/mol. The third-order valence-corrected chi connectivity index (χ3v) is 3.30. The van der Waals surface area contributed by atoms with Gasteiger partial charge >= 0.3 is 5.97 Å². The van der Waals surface area contributed by atoms with Gasteiger partial charge in [0.2, 0.25) is 0 Å². The maximum absolute atomic E-state index is 11.4. The van der Waals surface area contributed by atoms with Gasteiger partial charge in [0.15, 0.2) is 0 Å². The number of halogens is 1. The van der Waals surface area contributed by atoms with E-state index in [1.807, 2.05) is 0 Å². The molecule has 2 aromatic carbocycles. The van der Waals surface area contributed by atoms with Gasteiger partial charge < -0.3 is 14.6 Å². The molecule has 0 spiro atoms. The highest BCUT2D eigenvalue weighted by atomic mass is 35.5. The van der Waals surface area contributed by atoms with Crippen LogP contribution in [0.2, 0.25) is 5.02 Å². The molecule has 5 heteroatoms. The lowest BCUT2D eigenvalue weighted by Gasteiger charge is -2.14. The highest BCUT2D eigenvalue weighted by Gasteiger charge is 2.20. The fourth-order valence-electron chi connectivity index (χ4n) is 1.86. The smallest absolute Gasteiger partial charge is 0.314 e. The van der Waals surface area contributed by atoms with Crippen molar-refractivity contribution in [2.75, 3.05) is 13.7 Å². The predicted octanol–water partition coefficient (Wildman–Crippen LogP) is 3.60. The van der Waals surface area contributed by atoms with Crippen molar-refractivity contribution in [1.29, 1.82) is 0 Å². The first-order valence-corrected chi connectivity index (χ1v) is 6.73. The summed E-state index contributed by atoms with van der Waals surface area (Å²) in [5.41, 5.74) is 0.653. The molecule has 0 aliphatic carbocycles. The number of carboxylic acids is 1. The molecule has 0 saturated carbocycles. The second-order valence-electron chi connectivity index (χ2n) is 4.43. The number of rotatable bonds is 6. The summed E-state index contributed by atoms with van der Waals surface area (Å²) >= 11 is 5.81. The van der Waals surface area contributed by atoms with Crippen molar-refractivity contribution < 1.29 is 19.4 Å². The van der Waals surface area contributed by atoms with Gasteiger partial charge in [-0.25, -0.2) is 0 Å². The van der Waals surface area contributed by atoms with E-state index in [1.165, 1.54) is 0 Å². The number of hydrogen-bond acceptors (Lipinski definition) is 3. The minimum absolute atomic E-state index is 0.0449. The first kappa shape index (κ1) is 15.2. The molecule has 4 nitrogen and oxygen atoms in total. The molecule has 0 aliphatic rings. The van der Waals surface area contributed by atoms with E-state index in [4.69, 9.17) is 21.1 Å².